The van der Waals surface area contributed by atoms with Crippen molar-refractivity contribution in [3.63, 3.8) is 0 Å². The molecule has 1 aliphatic carbocycles. The predicted octanol–water partition coefficient (Wildman–Crippen LogP) is 3.24. The summed E-state index contributed by atoms with van der Waals surface area (Å²) in [6, 6.07) is 13.7. The van der Waals surface area contributed by atoms with Gasteiger partial charge in [-0.2, -0.15) is 0 Å². The van der Waals surface area contributed by atoms with E-state index in [4.69, 9.17) is 0 Å². The summed E-state index contributed by atoms with van der Waals surface area (Å²) in [4.78, 5) is 25.2. The zero-order chi connectivity index (χ0) is 16.4. The van der Waals surface area contributed by atoms with Crippen LogP contribution in [-0.4, -0.2) is 34.0 Å². The fourth-order valence-electron chi connectivity index (χ4n) is 2.98. The molecule has 120 valence electrons. The van der Waals surface area contributed by atoms with Gasteiger partial charge in [0.2, 0.25) is 5.91 Å². The molecule has 0 spiro atoms. The maximum Gasteiger partial charge on any atom is 0.326 e. The molecule has 0 saturated heterocycles. The summed E-state index contributed by atoms with van der Waals surface area (Å²) >= 11 is 0. The number of aryl methyl sites for hydroxylation is 1. The monoisotopic (exact) mass is 311 g/mol. The van der Waals surface area contributed by atoms with E-state index in [2.05, 4.69) is 24.3 Å². The van der Waals surface area contributed by atoms with Gasteiger partial charge in [-0.15, -0.1) is 0 Å². The maximum atomic E-state index is 12.5. The molecular weight excluding hydrogens is 290 g/mol. The molecule has 1 aliphatic rings. The number of amides is 1. The first-order chi connectivity index (χ1) is 11.1. The van der Waals surface area contributed by atoms with Gasteiger partial charge in [-0.1, -0.05) is 42.5 Å². The predicted molar refractivity (Wildman–Crippen MR) is 89.2 cm³/mol. The van der Waals surface area contributed by atoms with Crippen LogP contribution in [0.5, 0.6) is 0 Å². The lowest BCUT2D eigenvalue weighted by Gasteiger charge is -2.26. The normalized spacial score (nSPS) is 15.3. The molecule has 3 rings (SSSR count). The van der Waals surface area contributed by atoms with Gasteiger partial charge in [-0.05, 0) is 42.5 Å². The highest BCUT2D eigenvalue weighted by molar-refractivity contribution is 5.85. The van der Waals surface area contributed by atoms with E-state index in [1.165, 1.54) is 5.39 Å². The van der Waals surface area contributed by atoms with Crippen molar-refractivity contribution in [2.24, 2.45) is 0 Å². The molecule has 4 nitrogen and oxygen atoms in total. The Morgan fingerprint density at radius 3 is 2.52 bits per heavy atom. The molecule has 2 aromatic carbocycles. The Morgan fingerprint density at radius 1 is 1.17 bits per heavy atom. The Morgan fingerprint density at radius 2 is 1.87 bits per heavy atom. The van der Waals surface area contributed by atoms with Crippen molar-refractivity contribution in [3.8, 4) is 0 Å². The van der Waals surface area contributed by atoms with Crippen LogP contribution in [0.2, 0.25) is 0 Å². The SMILES string of the molecule is CC(C(=O)O)N(C(=O)CCc1ccc2ccccc2c1)C1CC1. The molecule has 23 heavy (non-hydrogen) atoms. The second kappa shape index (κ2) is 6.41. The van der Waals surface area contributed by atoms with Gasteiger partial charge in [0.25, 0.3) is 0 Å². The van der Waals surface area contributed by atoms with Gasteiger partial charge in [0.05, 0.1) is 0 Å². The van der Waals surface area contributed by atoms with Gasteiger partial charge >= 0.3 is 5.97 Å². The minimum atomic E-state index is -0.934. The smallest absolute Gasteiger partial charge is 0.326 e. The second-order valence-corrected chi connectivity index (χ2v) is 6.23. The Labute approximate surface area is 135 Å². The number of hydrogen-bond donors (Lipinski definition) is 1. The number of nitrogens with zero attached hydrogens (tertiary/aromatic N) is 1. The van der Waals surface area contributed by atoms with Crippen molar-refractivity contribution in [3.05, 3.63) is 48.0 Å². The van der Waals surface area contributed by atoms with Crippen LogP contribution in [-0.2, 0) is 16.0 Å². The first-order valence-electron chi connectivity index (χ1n) is 8.08. The Bertz CT molecular complexity index is 736. The van der Waals surface area contributed by atoms with Crippen molar-refractivity contribution >= 4 is 22.6 Å². The van der Waals surface area contributed by atoms with Crippen molar-refractivity contribution in [2.45, 2.75) is 44.7 Å². The fraction of sp³-hybridized carbons (Fsp3) is 0.368. The summed E-state index contributed by atoms with van der Waals surface area (Å²) in [5.41, 5.74) is 1.11. The number of carboxylic acids is 1. The lowest BCUT2D eigenvalue weighted by atomic mass is 10.0. The number of carbonyl (C=O) groups is 2. The van der Waals surface area contributed by atoms with Gasteiger partial charge < -0.3 is 10.0 Å². The van der Waals surface area contributed by atoms with Gasteiger partial charge in [0, 0.05) is 12.5 Å². The van der Waals surface area contributed by atoms with E-state index in [1.54, 1.807) is 11.8 Å². The summed E-state index contributed by atoms with van der Waals surface area (Å²) in [5.74, 6) is -0.994. The van der Waals surface area contributed by atoms with Crippen LogP contribution < -0.4 is 0 Å². The minimum Gasteiger partial charge on any atom is -0.480 e. The van der Waals surface area contributed by atoms with Crippen LogP contribution in [0.4, 0.5) is 0 Å². The molecule has 0 aromatic heterocycles. The molecule has 1 fully saturated rings. The van der Waals surface area contributed by atoms with Gasteiger partial charge in [0.15, 0.2) is 0 Å². The van der Waals surface area contributed by atoms with E-state index in [0.717, 1.165) is 23.8 Å². The van der Waals surface area contributed by atoms with E-state index in [0.29, 0.717) is 12.8 Å². The molecule has 0 heterocycles. The quantitative estimate of drug-likeness (QED) is 0.891. The zero-order valence-corrected chi connectivity index (χ0v) is 13.2. The highest BCUT2D eigenvalue weighted by Crippen LogP contribution is 2.29. The summed E-state index contributed by atoms with van der Waals surface area (Å²) in [5, 5.41) is 11.5. The van der Waals surface area contributed by atoms with Crippen LogP contribution in [0.25, 0.3) is 10.8 Å². The summed E-state index contributed by atoms with van der Waals surface area (Å²) in [7, 11) is 0. The number of carbonyl (C=O) groups excluding carboxylic acids is 1. The molecule has 4 heteroatoms. The van der Waals surface area contributed by atoms with Crippen LogP contribution in [0, 0.1) is 0 Å². The van der Waals surface area contributed by atoms with E-state index in [1.807, 2.05) is 18.2 Å². The summed E-state index contributed by atoms with van der Waals surface area (Å²) in [6.45, 7) is 1.59. The first-order valence-corrected chi connectivity index (χ1v) is 8.08. The first kappa shape index (κ1) is 15.5. The summed E-state index contributed by atoms with van der Waals surface area (Å²) < 4.78 is 0. The minimum absolute atomic E-state index is 0.0597. The van der Waals surface area contributed by atoms with Gasteiger partial charge in [-0.25, -0.2) is 4.79 Å². The van der Waals surface area contributed by atoms with Crippen LogP contribution in [0.1, 0.15) is 31.7 Å². The molecule has 1 N–H and O–H groups in total. The molecule has 2 aromatic rings. The van der Waals surface area contributed by atoms with E-state index >= 15 is 0 Å². The van der Waals surface area contributed by atoms with E-state index < -0.39 is 12.0 Å². The Balaban J connectivity index is 1.68. The van der Waals surface area contributed by atoms with Crippen molar-refractivity contribution in [1.82, 2.24) is 4.90 Å². The molecule has 1 atom stereocenters. The molecule has 0 radical (unpaired) electrons. The number of fused-ring (bicyclic) bond motifs is 1. The third-order valence-electron chi connectivity index (χ3n) is 4.44. The molecule has 1 amide bonds. The van der Waals surface area contributed by atoms with Crippen molar-refractivity contribution < 1.29 is 14.7 Å². The van der Waals surface area contributed by atoms with E-state index in [9.17, 15) is 14.7 Å². The third-order valence-corrected chi connectivity index (χ3v) is 4.44. The number of rotatable bonds is 6. The largest absolute Gasteiger partial charge is 0.480 e. The van der Waals surface area contributed by atoms with Crippen LogP contribution in [0.3, 0.4) is 0 Å². The molecule has 1 saturated carbocycles. The average Bonchev–Trinajstić information content (AvgIpc) is 3.37. The van der Waals surface area contributed by atoms with Crippen LogP contribution in [0.15, 0.2) is 42.5 Å². The third kappa shape index (κ3) is 3.52. The Hall–Kier alpha value is -2.36. The van der Waals surface area contributed by atoms with Crippen molar-refractivity contribution in [1.29, 1.82) is 0 Å². The highest BCUT2D eigenvalue weighted by Gasteiger charge is 2.37. The zero-order valence-electron chi connectivity index (χ0n) is 13.2. The van der Waals surface area contributed by atoms with Gasteiger partial charge in [0.1, 0.15) is 6.04 Å². The molecule has 1 unspecified atom stereocenters. The number of aliphatic carboxylic acids is 1. The van der Waals surface area contributed by atoms with Crippen LogP contribution >= 0.6 is 0 Å². The standard InChI is InChI=1S/C19H21NO3/c1-13(19(22)23)20(17-9-10-17)18(21)11-7-14-6-8-15-4-2-3-5-16(15)12-14/h2-6,8,12-13,17H,7,9-11H2,1H3,(H,22,23). The Kier molecular flexibility index (Phi) is 4.33. The highest BCUT2D eigenvalue weighted by atomic mass is 16.4. The van der Waals surface area contributed by atoms with E-state index in [-0.39, 0.29) is 11.9 Å². The summed E-state index contributed by atoms with van der Waals surface area (Å²) in [6.07, 6.45) is 2.82. The lowest BCUT2D eigenvalue weighted by molar-refractivity contribution is -0.150. The second-order valence-electron chi connectivity index (χ2n) is 6.23. The van der Waals surface area contributed by atoms with Gasteiger partial charge in [-0.3, -0.25) is 4.79 Å². The molecule has 0 aliphatic heterocycles. The van der Waals surface area contributed by atoms with Crippen molar-refractivity contribution in [2.75, 3.05) is 0 Å². The lowest BCUT2D eigenvalue weighted by Crippen LogP contribution is -2.44. The fourth-order valence-corrected chi connectivity index (χ4v) is 2.98. The average molecular weight is 311 g/mol. The number of hydrogen-bond acceptors (Lipinski definition) is 2. The molecular formula is C19H21NO3. The maximum absolute atomic E-state index is 12.5. The molecule has 0 bridgehead atoms. The number of benzene rings is 2. The number of carboxylic acid groups (broad SMARTS) is 1. The topological polar surface area (TPSA) is 57.6 Å².